The SMILES string of the molecule is CC(C)n1ncnc1CC1(N)CCC(C(F)(F)F)CC1. The smallest absolute Gasteiger partial charge is 0.325 e. The van der Waals surface area contributed by atoms with Crippen LogP contribution in [0.1, 0.15) is 51.4 Å². The first-order valence-corrected chi connectivity index (χ1v) is 6.95. The fourth-order valence-electron chi connectivity index (χ4n) is 2.84. The van der Waals surface area contributed by atoms with Crippen molar-refractivity contribution in [3.05, 3.63) is 12.2 Å². The average molecular weight is 290 g/mol. The van der Waals surface area contributed by atoms with Crippen LogP contribution in [0.3, 0.4) is 0 Å². The lowest BCUT2D eigenvalue weighted by Gasteiger charge is -2.37. The minimum atomic E-state index is -4.10. The third kappa shape index (κ3) is 3.31. The Bertz CT molecular complexity index is 445. The molecule has 0 unspecified atom stereocenters. The van der Waals surface area contributed by atoms with Gasteiger partial charge in [0.05, 0.1) is 5.92 Å². The Balaban J connectivity index is 2.02. The number of nitrogens with two attached hydrogens (primary N) is 1. The predicted octanol–water partition coefficient (Wildman–Crippen LogP) is 2.85. The molecule has 1 heterocycles. The van der Waals surface area contributed by atoms with E-state index in [1.807, 2.05) is 13.8 Å². The van der Waals surface area contributed by atoms with Crippen LogP contribution in [0.4, 0.5) is 13.2 Å². The van der Waals surface area contributed by atoms with E-state index in [0.717, 1.165) is 5.82 Å². The number of rotatable bonds is 3. The summed E-state index contributed by atoms with van der Waals surface area (Å²) in [5.74, 6) is -0.449. The third-order valence-electron chi connectivity index (χ3n) is 4.09. The van der Waals surface area contributed by atoms with Crippen molar-refractivity contribution in [1.82, 2.24) is 14.8 Å². The largest absolute Gasteiger partial charge is 0.391 e. The predicted molar refractivity (Wildman–Crippen MR) is 69.0 cm³/mol. The summed E-state index contributed by atoms with van der Waals surface area (Å²) in [4.78, 5) is 4.19. The van der Waals surface area contributed by atoms with E-state index in [1.54, 1.807) is 4.68 Å². The monoisotopic (exact) mass is 290 g/mol. The first kappa shape index (κ1) is 15.3. The molecule has 2 N–H and O–H groups in total. The van der Waals surface area contributed by atoms with Crippen LogP contribution in [0.5, 0.6) is 0 Å². The highest BCUT2D eigenvalue weighted by Gasteiger charge is 2.44. The van der Waals surface area contributed by atoms with Crippen LogP contribution in [0.15, 0.2) is 6.33 Å². The Labute approximate surface area is 116 Å². The molecule has 0 bridgehead atoms. The minimum Gasteiger partial charge on any atom is -0.325 e. The molecule has 0 radical (unpaired) electrons. The van der Waals surface area contributed by atoms with Gasteiger partial charge in [-0.2, -0.15) is 18.3 Å². The molecule has 0 spiro atoms. The molecule has 1 aliphatic carbocycles. The van der Waals surface area contributed by atoms with Crippen LogP contribution >= 0.6 is 0 Å². The van der Waals surface area contributed by atoms with Gasteiger partial charge in [-0.15, -0.1) is 0 Å². The summed E-state index contributed by atoms with van der Waals surface area (Å²) in [5.41, 5.74) is 5.68. The number of hydrogen-bond acceptors (Lipinski definition) is 3. The normalized spacial score (nSPS) is 28.1. The number of halogens is 3. The molecule has 20 heavy (non-hydrogen) atoms. The zero-order chi connectivity index (χ0) is 15.0. The van der Waals surface area contributed by atoms with Gasteiger partial charge in [0.1, 0.15) is 12.2 Å². The van der Waals surface area contributed by atoms with E-state index in [-0.39, 0.29) is 18.9 Å². The van der Waals surface area contributed by atoms with E-state index < -0.39 is 17.6 Å². The van der Waals surface area contributed by atoms with Crippen LogP contribution in [0.25, 0.3) is 0 Å². The van der Waals surface area contributed by atoms with Crippen LogP contribution in [0, 0.1) is 5.92 Å². The fraction of sp³-hybridized carbons (Fsp3) is 0.846. The summed E-state index contributed by atoms with van der Waals surface area (Å²) in [7, 11) is 0. The molecule has 0 atom stereocenters. The van der Waals surface area contributed by atoms with Crippen LogP contribution in [-0.4, -0.2) is 26.5 Å². The summed E-state index contributed by atoms with van der Waals surface area (Å²) < 4.78 is 39.8. The highest BCUT2D eigenvalue weighted by atomic mass is 19.4. The van der Waals surface area contributed by atoms with Gasteiger partial charge in [-0.1, -0.05) is 0 Å². The number of hydrogen-bond donors (Lipinski definition) is 1. The van der Waals surface area contributed by atoms with Crippen LogP contribution in [0.2, 0.25) is 0 Å². The van der Waals surface area contributed by atoms with Gasteiger partial charge in [0, 0.05) is 18.0 Å². The molecule has 114 valence electrons. The van der Waals surface area contributed by atoms with Crippen molar-refractivity contribution in [3.8, 4) is 0 Å². The Morgan fingerprint density at radius 1 is 1.40 bits per heavy atom. The van der Waals surface area contributed by atoms with Crippen molar-refractivity contribution in [3.63, 3.8) is 0 Å². The molecule has 7 heteroatoms. The standard InChI is InChI=1S/C13H21F3N4/c1-9(2)20-11(18-8-19-20)7-12(17)5-3-10(4-6-12)13(14,15)16/h8-10H,3-7,17H2,1-2H3. The number of nitrogens with zero attached hydrogens (tertiary/aromatic N) is 3. The van der Waals surface area contributed by atoms with Crippen molar-refractivity contribution in [2.75, 3.05) is 0 Å². The Morgan fingerprint density at radius 3 is 2.50 bits per heavy atom. The van der Waals surface area contributed by atoms with Gasteiger partial charge >= 0.3 is 6.18 Å². The maximum absolute atomic E-state index is 12.7. The molecular formula is C13H21F3N4. The number of aromatic nitrogens is 3. The Hall–Kier alpha value is -1.11. The fourth-order valence-corrected chi connectivity index (χ4v) is 2.84. The van der Waals surface area contributed by atoms with E-state index in [9.17, 15) is 13.2 Å². The van der Waals surface area contributed by atoms with Crippen molar-refractivity contribution in [2.45, 2.75) is 63.7 Å². The van der Waals surface area contributed by atoms with Gasteiger partial charge in [0.25, 0.3) is 0 Å². The molecule has 0 aliphatic heterocycles. The molecule has 0 amide bonds. The first-order valence-electron chi connectivity index (χ1n) is 6.95. The molecule has 0 aromatic carbocycles. The summed E-state index contributed by atoms with van der Waals surface area (Å²) in [5, 5.41) is 4.14. The highest BCUT2D eigenvalue weighted by Crippen LogP contribution is 2.41. The van der Waals surface area contributed by atoms with Crippen molar-refractivity contribution in [1.29, 1.82) is 0 Å². The molecule has 1 aliphatic rings. The van der Waals surface area contributed by atoms with E-state index in [1.165, 1.54) is 6.33 Å². The molecule has 1 saturated carbocycles. The van der Waals surface area contributed by atoms with Crippen molar-refractivity contribution < 1.29 is 13.2 Å². The first-order chi connectivity index (χ1) is 9.21. The quantitative estimate of drug-likeness (QED) is 0.931. The molecule has 0 saturated heterocycles. The molecule has 4 nitrogen and oxygen atoms in total. The van der Waals surface area contributed by atoms with E-state index >= 15 is 0 Å². The van der Waals surface area contributed by atoms with Crippen molar-refractivity contribution >= 4 is 0 Å². The zero-order valence-electron chi connectivity index (χ0n) is 11.8. The second-order valence-corrected chi connectivity index (χ2v) is 6.07. The molecule has 1 aromatic heterocycles. The highest BCUT2D eigenvalue weighted by molar-refractivity contribution is 5.01. The van der Waals surface area contributed by atoms with Crippen molar-refractivity contribution in [2.24, 2.45) is 11.7 Å². The Kier molecular flexibility index (Phi) is 4.09. The zero-order valence-corrected chi connectivity index (χ0v) is 11.8. The third-order valence-corrected chi connectivity index (χ3v) is 4.09. The van der Waals surface area contributed by atoms with Gasteiger partial charge in [0.2, 0.25) is 0 Å². The summed E-state index contributed by atoms with van der Waals surface area (Å²) >= 11 is 0. The summed E-state index contributed by atoms with van der Waals surface area (Å²) in [6, 6.07) is 0.169. The topological polar surface area (TPSA) is 56.7 Å². The maximum atomic E-state index is 12.7. The van der Waals surface area contributed by atoms with Crippen LogP contribution in [-0.2, 0) is 6.42 Å². The van der Waals surface area contributed by atoms with Gasteiger partial charge in [-0.25, -0.2) is 9.67 Å². The van der Waals surface area contributed by atoms with Gasteiger partial charge in [0.15, 0.2) is 0 Å². The second kappa shape index (κ2) is 5.35. The molecule has 2 rings (SSSR count). The minimum absolute atomic E-state index is 0.107. The van der Waals surface area contributed by atoms with E-state index in [4.69, 9.17) is 5.73 Å². The molecule has 1 fully saturated rings. The van der Waals surface area contributed by atoms with E-state index in [0.29, 0.717) is 19.3 Å². The average Bonchev–Trinajstić information content (AvgIpc) is 2.75. The summed E-state index contributed by atoms with van der Waals surface area (Å²) in [6.07, 6.45) is -1.18. The molecule has 1 aromatic rings. The number of alkyl halides is 3. The van der Waals surface area contributed by atoms with Crippen LogP contribution < -0.4 is 5.73 Å². The Morgan fingerprint density at radius 2 is 2.00 bits per heavy atom. The maximum Gasteiger partial charge on any atom is 0.391 e. The van der Waals surface area contributed by atoms with Gasteiger partial charge < -0.3 is 5.73 Å². The molecular weight excluding hydrogens is 269 g/mol. The lowest BCUT2D eigenvalue weighted by atomic mass is 9.75. The van der Waals surface area contributed by atoms with Gasteiger partial charge in [-0.3, -0.25) is 0 Å². The lowest BCUT2D eigenvalue weighted by Crippen LogP contribution is -2.47. The summed E-state index contributed by atoms with van der Waals surface area (Å²) in [6.45, 7) is 3.98. The van der Waals surface area contributed by atoms with Gasteiger partial charge in [-0.05, 0) is 39.5 Å². The van der Waals surface area contributed by atoms with E-state index in [2.05, 4.69) is 10.1 Å². The lowest BCUT2D eigenvalue weighted by molar-refractivity contribution is -0.184. The second-order valence-electron chi connectivity index (χ2n) is 6.07.